The molecule has 0 aliphatic heterocycles. The van der Waals surface area contributed by atoms with Gasteiger partial charge < -0.3 is 10.1 Å². The van der Waals surface area contributed by atoms with Crippen molar-refractivity contribution in [2.45, 2.75) is 30.3 Å². The van der Waals surface area contributed by atoms with Crippen LogP contribution in [-0.2, 0) is 13.6 Å². The standard InChI is InChI=1S/C15H21N3OS/c1-5-16-10-14-11(2)17-18(3)15(14)20-13-8-6-12(19-4)7-9-13/h6-9,16H,5,10H2,1-4H3. The summed E-state index contributed by atoms with van der Waals surface area (Å²) in [6.45, 7) is 5.99. The summed E-state index contributed by atoms with van der Waals surface area (Å²) in [5.41, 5.74) is 2.36. The van der Waals surface area contributed by atoms with Gasteiger partial charge in [-0.05, 0) is 37.7 Å². The molecule has 2 rings (SSSR count). The SMILES string of the molecule is CCNCc1c(C)nn(C)c1Sc1ccc(OC)cc1. The number of hydrogen-bond donors (Lipinski definition) is 1. The Morgan fingerprint density at radius 2 is 2.00 bits per heavy atom. The van der Waals surface area contributed by atoms with Crippen LogP contribution in [0.5, 0.6) is 5.75 Å². The highest BCUT2D eigenvalue weighted by Crippen LogP contribution is 2.32. The zero-order valence-corrected chi connectivity index (χ0v) is 13.3. The van der Waals surface area contributed by atoms with Gasteiger partial charge in [0.05, 0.1) is 12.8 Å². The van der Waals surface area contributed by atoms with Gasteiger partial charge >= 0.3 is 0 Å². The number of methoxy groups -OCH3 is 1. The Morgan fingerprint density at radius 3 is 2.60 bits per heavy atom. The highest BCUT2D eigenvalue weighted by molar-refractivity contribution is 7.99. The maximum atomic E-state index is 5.19. The summed E-state index contributed by atoms with van der Waals surface area (Å²) in [5, 5.41) is 9.09. The quantitative estimate of drug-likeness (QED) is 0.888. The van der Waals surface area contributed by atoms with Gasteiger partial charge in [0.2, 0.25) is 0 Å². The van der Waals surface area contributed by atoms with Gasteiger partial charge in [-0.15, -0.1) is 0 Å². The van der Waals surface area contributed by atoms with Crippen LogP contribution in [0.2, 0.25) is 0 Å². The normalized spacial score (nSPS) is 10.8. The summed E-state index contributed by atoms with van der Waals surface area (Å²) < 4.78 is 7.14. The topological polar surface area (TPSA) is 39.1 Å². The van der Waals surface area contributed by atoms with Crippen molar-refractivity contribution in [1.82, 2.24) is 15.1 Å². The first-order chi connectivity index (χ1) is 9.65. The average molecular weight is 291 g/mol. The number of rotatable bonds is 6. The van der Waals surface area contributed by atoms with Crippen LogP contribution in [0.4, 0.5) is 0 Å². The second kappa shape index (κ2) is 6.81. The van der Waals surface area contributed by atoms with Crippen LogP contribution in [0, 0.1) is 6.92 Å². The fourth-order valence-electron chi connectivity index (χ4n) is 2.02. The lowest BCUT2D eigenvalue weighted by Crippen LogP contribution is -2.12. The van der Waals surface area contributed by atoms with Crippen LogP contribution in [0.3, 0.4) is 0 Å². The molecule has 0 spiro atoms. The molecule has 0 saturated heterocycles. The Kier molecular flexibility index (Phi) is 5.09. The molecule has 2 aromatic rings. The van der Waals surface area contributed by atoms with E-state index < -0.39 is 0 Å². The molecule has 20 heavy (non-hydrogen) atoms. The third kappa shape index (κ3) is 3.35. The molecule has 0 bridgehead atoms. The molecule has 0 saturated carbocycles. The molecular weight excluding hydrogens is 270 g/mol. The summed E-state index contributed by atoms with van der Waals surface area (Å²) in [4.78, 5) is 1.19. The van der Waals surface area contributed by atoms with E-state index in [0.29, 0.717) is 0 Å². The molecule has 5 heteroatoms. The van der Waals surface area contributed by atoms with E-state index >= 15 is 0 Å². The van der Waals surface area contributed by atoms with Crippen molar-refractivity contribution in [2.24, 2.45) is 7.05 Å². The lowest BCUT2D eigenvalue weighted by Gasteiger charge is -2.07. The lowest BCUT2D eigenvalue weighted by molar-refractivity contribution is 0.414. The highest BCUT2D eigenvalue weighted by Gasteiger charge is 2.14. The van der Waals surface area contributed by atoms with E-state index in [1.165, 1.54) is 15.5 Å². The molecule has 4 nitrogen and oxygen atoms in total. The lowest BCUT2D eigenvalue weighted by atomic mass is 10.2. The predicted octanol–water partition coefficient (Wildman–Crippen LogP) is 3.00. The smallest absolute Gasteiger partial charge is 0.118 e. The molecule has 0 aliphatic rings. The van der Waals surface area contributed by atoms with Gasteiger partial charge in [0, 0.05) is 24.1 Å². The Morgan fingerprint density at radius 1 is 1.30 bits per heavy atom. The molecule has 1 aromatic carbocycles. The minimum Gasteiger partial charge on any atom is -0.497 e. The molecule has 1 N–H and O–H groups in total. The fourth-order valence-corrected chi connectivity index (χ4v) is 3.03. The molecule has 0 atom stereocenters. The van der Waals surface area contributed by atoms with Crippen molar-refractivity contribution in [1.29, 1.82) is 0 Å². The van der Waals surface area contributed by atoms with Gasteiger partial charge in [0.15, 0.2) is 0 Å². The second-order valence-electron chi connectivity index (χ2n) is 4.55. The minimum absolute atomic E-state index is 0.856. The maximum absolute atomic E-state index is 5.19. The monoisotopic (exact) mass is 291 g/mol. The Hall–Kier alpha value is -1.46. The third-order valence-corrected chi connectivity index (χ3v) is 4.33. The number of aryl methyl sites for hydroxylation is 2. The van der Waals surface area contributed by atoms with Crippen LogP contribution in [0.25, 0.3) is 0 Å². The first-order valence-electron chi connectivity index (χ1n) is 6.70. The van der Waals surface area contributed by atoms with Crippen molar-refractivity contribution in [2.75, 3.05) is 13.7 Å². The maximum Gasteiger partial charge on any atom is 0.118 e. The van der Waals surface area contributed by atoms with E-state index in [1.54, 1.807) is 18.9 Å². The molecule has 1 heterocycles. The fraction of sp³-hybridized carbons (Fsp3) is 0.400. The zero-order valence-electron chi connectivity index (χ0n) is 12.4. The summed E-state index contributed by atoms with van der Waals surface area (Å²) in [5.74, 6) is 0.878. The number of benzene rings is 1. The van der Waals surface area contributed by atoms with Crippen molar-refractivity contribution < 1.29 is 4.74 Å². The molecule has 0 unspecified atom stereocenters. The molecule has 1 aromatic heterocycles. The molecule has 0 amide bonds. The minimum atomic E-state index is 0.856. The Bertz CT molecular complexity index is 563. The van der Waals surface area contributed by atoms with Crippen molar-refractivity contribution in [3.05, 3.63) is 35.5 Å². The largest absolute Gasteiger partial charge is 0.497 e. The van der Waals surface area contributed by atoms with Gasteiger partial charge in [0.1, 0.15) is 10.8 Å². The molecule has 108 valence electrons. The van der Waals surface area contributed by atoms with Crippen LogP contribution < -0.4 is 10.1 Å². The number of nitrogens with one attached hydrogen (secondary N) is 1. The second-order valence-corrected chi connectivity index (χ2v) is 5.61. The first-order valence-corrected chi connectivity index (χ1v) is 7.52. The van der Waals surface area contributed by atoms with Crippen molar-refractivity contribution in [3.63, 3.8) is 0 Å². The van der Waals surface area contributed by atoms with Crippen LogP contribution in [-0.4, -0.2) is 23.4 Å². The van der Waals surface area contributed by atoms with E-state index in [0.717, 1.165) is 24.5 Å². The van der Waals surface area contributed by atoms with E-state index in [-0.39, 0.29) is 0 Å². The summed E-state index contributed by atoms with van der Waals surface area (Å²) >= 11 is 1.74. The molecular formula is C15H21N3OS. The number of ether oxygens (including phenoxy) is 1. The molecule has 0 fully saturated rings. The summed E-state index contributed by atoms with van der Waals surface area (Å²) in [6.07, 6.45) is 0. The number of nitrogens with zero attached hydrogens (tertiary/aromatic N) is 2. The highest BCUT2D eigenvalue weighted by atomic mass is 32.2. The van der Waals surface area contributed by atoms with E-state index in [9.17, 15) is 0 Å². The van der Waals surface area contributed by atoms with E-state index in [2.05, 4.69) is 36.4 Å². The number of hydrogen-bond acceptors (Lipinski definition) is 4. The van der Waals surface area contributed by atoms with Crippen molar-refractivity contribution >= 4 is 11.8 Å². The molecule has 0 aliphatic carbocycles. The summed E-state index contributed by atoms with van der Waals surface area (Å²) in [7, 11) is 3.68. The average Bonchev–Trinajstić information content (AvgIpc) is 2.72. The predicted molar refractivity (Wildman–Crippen MR) is 82.4 cm³/mol. The van der Waals surface area contributed by atoms with Crippen LogP contribution in [0.1, 0.15) is 18.2 Å². The zero-order chi connectivity index (χ0) is 14.5. The number of aromatic nitrogens is 2. The van der Waals surface area contributed by atoms with Crippen LogP contribution in [0.15, 0.2) is 34.2 Å². The van der Waals surface area contributed by atoms with Crippen LogP contribution >= 0.6 is 11.8 Å². The van der Waals surface area contributed by atoms with Gasteiger partial charge in [-0.1, -0.05) is 18.7 Å². The third-order valence-electron chi connectivity index (χ3n) is 3.11. The Balaban J connectivity index is 2.22. The van der Waals surface area contributed by atoms with Gasteiger partial charge in [-0.25, -0.2) is 0 Å². The Labute approximate surface area is 124 Å². The van der Waals surface area contributed by atoms with Gasteiger partial charge in [-0.2, -0.15) is 5.10 Å². The van der Waals surface area contributed by atoms with E-state index in [1.807, 2.05) is 23.9 Å². The molecule has 0 radical (unpaired) electrons. The van der Waals surface area contributed by atoms with Gasteiger partial charge in [-0.3, -0.25) is 4.68 Å². The van der Waals surface area contributed by atoms with Crippen molar-refractivity contribution in [3.8, 4) is 5.75 Å². The summed E-state index contributed by atoms with van der Waals surface area (Å²) in [6, 6.07) is 8.11. The first kappa shape index (κ1) is 14.9. The van der Waals surface area contributed by atoms with E-state index in [4.69, 9.17) is 4.74 Å². The van der Waals surface area contributed by atoms with Gasteiger partial charge in [0.25, 0.3) is 0 Å².